The average Bonchev–Trinajstić information content (AvgIpc) is 3.44. The molecule has 4 aromatic rings. The maximum absolute atomic E-state index is 13.2. The van der Waals surface area contributed by atoms with Crippen molar-refractivity contribution in [3.05, 3.63) is 101 Å². The van der Waals surface area contributed by atoms with E-state index < -0.39 is 11.9 Å². The van der Waals surface area contributed by atoms with Gasteiger partial charge in [-0.3, -0.25) is 4.79 Å². The van der Waals surface area contributed by atoms with Crippen LogP contribution in [-0.4, -0.2) is 23.5 Å². The molecule has 7 nitrogen and oxygen atoms in total. The molecular weight excluding hydrogens is 483 g/mol. The third kappa shape index (κ3) is 5.54. The van der Waals surface area contributed by atoms with Gasteiger partial charge in [0.15, 0.2) is 0 Å². The van der Waals surface area contributed by atoms with Crippen LogP contribution in [0.2, 0.25) is 0 Å². The third-order valence-electron chi connectivity index (χ3n) is 6.81. The summed E-state index contributed by atoms with van der Waals surface area (Å²) >= 11 is 0. The van der Waals surface area contributed by atoms with Crippen LogP contribution >= 0.6 is 0 Å². The lowest BCUT2D eigenvalue weighted by molar-refractivity contribution is -0.111. The number of aryl methyl sites for hydroxylation is 2. The third-order valence-corrected chi connectivity index (χ3v) is 6.81. The van der Waals surface area contributed by atoms with Gasteiger partial charge in [0.1, 0.15) is 11.9 Å². The van der Waals surface area contributed by atoms with Gasteiger partial charge in [0, 0.05) is 29.2 Å². The molecule has 3 aromatic carbocycles. The van der Waals surface area contributed by atoms with E-state index in [2.05, 4.69) is 21.7 Å². The van der Waals surface area contributed by atoms with Crippen LogP contribution in [0.4, 0.5) is 20.6 Å². The fraction of sp³-hybridized carbons (Fsp3) is 0.200. The van der Waals surface area contributed by atoms with Crippen LogP contribution in [0.15, 0.2) is 66.7 Å². The number of halogens is 1. The van der Waals surface area contributed by atoms with Gasteiger partial charge in [-0.1, -0.05) is 36.4 Å². The molecule has 194 valence electrons. The highest BCUT2D eigenvalue weighted by atomic mass is 19.1. The number of amides is 2. The number of ether oxygens (including phenoxy) is 1. The molecule has 2 amide bonds. The summed E-state index contributed by atoms with van der Waals surface area (Å²) in [5.41, 5.74) is 12.6. The number of alkyl carbamates (subject to hydrolysis) is 1. The van der Waals surface area contributed by atoms with E-state index in [1.165, 1.54) is 29.2 Å². The second-order valence-corrected chi connectivity index (χ2v) is 9.40. The second kappa shape index (κ2) is 10.8. The lowest BCUT2D eigenvalue weighted by atomic mass is 10.1. The fourth-order valence-electron chi connectivity index (χ4n) is 4.94. The first-order chi connectivity index (χ1) is 18.4. The smallest absolute Gasteiger partial charge is 0.407 e. The van der Waals surface area contributed by atoms with Gasteiger partial charge < -0.3 is 26.1 Å². The zero-order valence-electron chi connectivity index (χ0n) is 21.0. The van der Waals surface area contributed by atoms with E-state index in [-0.39, 0.29) is 17.7 Å². The number of nitrogens with two attached hydrogens (primary N) is 1. The van der Waals surface area contributed by atoms with Crippen molar-refractivity contribution in [2.45, 2.75) is 32.3 Å². The molecule has 0 fully saturated rings. The number of nitrogen functional groups attached to an aromatic ring is 1. The van der Waals surface area contributed by atoms with Crippen molar-refractivity contribution >= 4 is 40.4 Å². The Morgan fingerprint density at radius 2 is 2.00 bits per heavy atom. The Kier molecular flexibility index (Phi) is 7.13. The van der Waals surface area contributed by atoms with Crippen molar-refractivity contribution in [2.75, 3.05) is 17.6 Å². The van der Waals surface area contributed by atoms with Gasteiger partial charge in [-0.15, -0.1) is 0 Å². The predicted molar refractivity (Wildman–Crippen MR) is 147 cm³/mol. The van der Waals surface area contributed by atoms with E-state index in [1.807, 2.05) is 43.3 Å². The van der Waals surface area contributed by atoms with Gasteiger partial charge >= 0.3 is 6.09 Å². The van der Waals surface area contributed by atoms with E-state index >= 15 is 0 Å². The van der Waals surface area contributed by atoms with Gasteiger partial charge in [-0.2, -0.15) is 0 Å². The molecule has 1 aromatic heterocycles. The number of aromatic amines is 1. The summed E-state index contributed by atoms with van der Waals surface area (Å²) in [4.78, 5) is 28.1. The van der Waals surface area contributed by atoms with Crippen LogP contribution in [0, 0.1) is 12.7 Å². The van der Waals surface area contributed by atoms with E-state index in [0.29, 0.717) is 25.1 Å². The Hall–Kier alpha value is -4.59. The SMILES string of the molecule is Cc1[nH]c2ccccc2c1CCNC(=O)OC1CCc2cc(/C=C/C(=O)Nc3ccc(F)cc3N)ccc21. The molecule has 0 bridgehead atoms. The zero-order valence-corrected chi connectivity index (χ0v) is 21.0. The van der Waals surface area contributed by atoms with Gasteiger partial charge in [-0.25, -0.2) is 9.18 Å². The molecule has 0 radical (unpaired) electrons. The first-order valence-corrected chi connectivity index (χ1v) is 12.5. The number of anilines is 2. The Labute approximate surface area is 219 Å². The zero-order chi connectivity index (χ0) is 26.6. The van der Waals surface area contributed by atoms with Crippen molar-refractivity contribution in [3.63, 3.8) is 0 Å². The molecular formula is C30H29FN4O3. The minimum atomic E-state index is -0.463. The lowest BCUT2D eigenvalue weighted by Crippen LogP contribution is -2.27. The number of nitrogens with one attached hydrogen (secondary N) is 3. The van der Waals surface area contributed by atoms with Crippen LogP contribution in [0.1, 0.15) is 40.5 Å². The monoisotopic (exact) mass is 512 g/mol. The van der Waals surface area contributed by atoms with Crippen molar-refractivity contribution in [1.29, 1.82) is 0 Å². The quantitative estimate of drug-likeness (QED) is 0.185. The van der Waals surface area contributed by atoms with Crippen LogP contribution in [0.5, 0.6) is 0 Å². The number of carbonyl (C=O) groups excluding carboxylic acids is 2. The number of carbonyl (C=O) groups is 2. The summed E-state index contributed by atoms with van der Waals surface area (Å²) in [7, 11) is 0. The number of hydrogen-bond donors (Lipinski definition) is 4. The Morgan fingerprint density at radius 3 is 2.84 bits per heavy atom. The standard InChI is InChI=1S/C30H29FN4O3/c1-18-22(24-4-2-3-5-26(24)34-18)14-15-33-30(37)38-28-12-8-20-16-19(6-10-23(20)28)7-13-29(36)35-27-11-9-21(31)17-25(27)32/h2-7,9-11,13,16-17,28,34H,8,12,14-15,32H2,1H3,(H,33,37)(H,35,36)/b13-7+. The Balaban J connectivity index is 1.14. The molecule has 38 heavy (non-hydrogen) atoms. The summed E-state index contributed by atoms with van der Waals surface area (Å²) in [5.74, 6) is -0.834. The summed E-state index contributed by atoms with van der Waals surface area (Å²) in [6.45, 7) is 2.52. The molecule has 1 atom stereocenters. The maximum atomic E-state index is 13.2. The normalized spacial score (nSPS) is 14.5. The van der Waals surface area contributed by atoms with E-state index in [4.69, 9.17) is 10.5 Å². The summed E-state index contributed by atoms with van der Waals surface area (Å²) in [6, 6.07) is 17.8. The van der Waals surface area contributed by atoms with Gasteiger partial charge in [0.25, 0.3) is 0 Å². The molecule has 5 N–H and O–H groups in total. The number of aromatic nitrogens is 1. The number of rotatable bonds is 7. The number of hydrogen-bond acceptors (Lipinski definition) is 4. The molecule has 1 aliphatic rings. The molecule has 0 spiro atoms. The molecule has 1 heterocycles. The highest BCUT2D eigenvalue weighted by molar-refractivity contribution is 6.03. The van der Waals surface area contributed by atoms with Crippen LogP contribution in [0.25, 0.3) is 17.0 Å². The number of para-hydroxylation sites is 1. The molecule has 0 aliphatic heterocycles. The number of fused-ring (bicyclic) bond motifs is 2. The van der Waals surface area contributed by atoms with Crippen LogP contribution in [-0.2, 0) is 22.4 Å². The summed E-state index contributed by atoms with van der Waals surface area (Å²) < 4.78 is 18.9. The maximum Gasteiger partial charge on any atom is 0.407 e. The average molecular weight is 513 g/mol. The van der Waals surface area contributed by atoms with Gasteiger partial charge in [0.05, 0.1) is 11.4 Å². The van der Waals surface area contributed by atoms with Crippen LogP contribution < -0.4 is 16.4 Å². The highest BCUT2D eigenvalue weighted by Gasteiger charge is 2.26. The molecule has 5 rings (SSSR count). The summed E-state index contributed by atoms with van der Waals surface area (Å²) in [5, 5.41) is 6.70. The lowest BCUT2D eigenvalue weighted by Gasteiger charge is -2.14. The predicted octanol–water partition coefficient (Wildman–Crippen LogP) is 5.81. The topological polar surface area (TPSA) is 109 Å². The number of benzene rings is 3. The molecule has 1 unspecified atom stereocenters. The van der Waals surface area contributed by atoms with E-state index in [9.17, 15) is 14.0 Å². The molecule has 1 aliphatic carbocycles. The minimum absolute atomic E-state index is 0.160. The van der Waals surface area contributed by atoms with E-state index in [1.54, 1.807) is 6.08 Å². The fourth-order valence-corrected chi connectivity index (χ4v) is 4.94. The van der Waals surface area contributed by atoms with Crippen molar-refractivity contribution < 1.29 is 18.7 Å². The first-order valence-electron chi connectivity index (χ1n) is 12.5. The van der Waals surface area contributed by atoms with Crippen molar-refractivity contribution in [1.82, 2.24) is 10.3 Å². The van der Waals surface area contributed by atoms with Crippen molar-refractivity contribution in [3.8, 4) is 0 Å². The Bertz CT molecular complexity index is 1540. The van der Waals surface area contributed by atoms with E-state index in [0.717, 1.165) is 40.4 Å². The van der Waals surface area contributed by atoms with Crippen molar-refractivity contribution in [2.24, 2.45) is 0 Å². The first kappa shape index (κ1) is 25.1. The molecule has 0 saturated carbocycles. The molecule has 0 saturated heterocycles. The summed E-state index contributed by atoms with van der Waals surface area (Å²) in [6.07, 6.45) is 4.56. The van der Waals surface area contributed by atoms with Gasteiger partial charge in [-0.05, 0) is 78.8 Å². The largest absolute Gasteiger partial charge is 0.441 e. The number of H-pyrrole nitrogens is 1. The van der Waals surface area contributed by atoms with Crippen LogP contribution in [0.3, 0.4) is 0 Å². The van der Waals surface area contributed by atoms with Gasteiger partial charge in [0.2, 0.25) is 5.91 Å². The second-order valence-electron chi connectivity index (χ2n) is 9.40. The Morgan fingerprint density at radius 1 is 1.16 bits per heavy atom. The highest BCUT2D eigenvalue weighted by Crippen LogP contribution is 2.35. The molecule has 8 heteroatoms. The minimum Gasteiger partial charge on any atom is -0.441 e.